The maximum atomic E-state index is 13.9. The molecule has 0 unspecified atom stereocenters. The van der Waals surface area contributed by atoms with Gasteiger partial charge in [-0.15, -0.1) is 0 Å². The minimum atomic E-state index is -0.513. The SMILES string of the molecule is CC(C)(C)OC(=O)[C@@H]1CCCN1Cc1c(F)cccc1Cl. The van der Waals surface area contributed by atoms with Gasteiger partial charge in [0.1, 0.15) is 17.5 Å². The average molecular weight is 314 g/mol. The summed E-state index contributed by atoms with van der Waals surface area (Å²) < 4.78 is 19.3. The van der Waals surface area contributed by atoms with Gasteiger partial charge < -0.3 is 4.74 Å². The quantitative estimate of drug-likeness (QED) is 0.795. The zero-order chi connectivity index (χ0) is 15.6. The lowest BCUT2D eigenvalue weighted by molar-refractivity contribution is -0.160. The molecular weight excluding hydrogens is 293 g/mol. The Kier molecular flexibility index (Phi) is 4.89. The Bertz CT molecular complexity index is 507. The van der Waals surface area contributed by atoms with Crippen LogP contribution < -0.4 is 0 Å². The van der Waals surface area contributed by atoms with Gasteiger partial charge in [0.2, 0.25) is 0 Å². The minimum Gasteiger partial charge on any atom is -0.459 e. The molecule has 0 amide bonds. The molecular formula is C16H21ClFNO2. The highest BCUT2D eigenvalue weighted by atomic mass is 35.5. The number of carbonyl (C=O) groups excluding carboxylic acids is 1. The molecule has 0 spiro atoms. The van der Waals surface area contributed by atoms with Crippen molar-refractivity contribution >= 4 is 17.6 Å². The Hall–Kier alpha value is -1.13. The van der Waals surface area contributed by atoms with E-state index < -0.39 is 5.60 Å². The number of likely N-dealkylation sites (tertiary alicyclic amines) is 1. The molecule has 3 nitrogen and oxygen atoms in total. The van der Waals surface area contributed by atoms with Gasteiger partial charge >= 0.3 is 5.97 Å². The predicted molar refractivity (Wildman–Crippen MR) is 80.7 cm³/mol. The topological polar surface area (TPSA) is 29.5 Å². The van der Waals surface area contributed by atoms with Crippen molar-refractivity contribution in [2.45, 2.75) is 51.8 Å². The van der Waals surface area contributed by atoms with Gasteiger partial charge in [0.25, 0.3) is 0 Å². The molecule has 2 rings (SSSR count). The molecule has 5 heteroatoms. The molecule has 21 heavy (non-hydrogen) atoms. The molecule has 0 radical (unpaired) electrons. The van der Waals surface area contributed by atoms with Crippen LogP contribution in [0.2, 0.25) is 5.02 Å². The van der Waals surface area contributed by atoms with Gasteiger partial charge in [0.05, 0.1) is 0 Å². The molecule has 1 aliphatic rings. The van der Waals surface area contributed by atoms with Crippen LogP contribution in [0.3, 0.4) is 0 Å². The second kappa shape index (κ2) is 6.32. The van der Waals surface area contributed by atoms with Crippen molar-refractivity contribution in [3.05, 3.63) is 34.6 Å². The number of carbonyl (C=O) groups is 1. The number of hydrogen-bond acceptors (Lipinski definition) is 3. The summed E-state index contributed by atoms with van der Waals surface area (Å²) in [5.41, 5.74) is -0.0734. The summed E-state index contributed by atoms with van der Waals surface area (Å²) in [6.45, 7) is 6.61. The van der Waals surface area contributed by atoms with Crippen LogP contribution in [0.5, 0.6) is 0 Å². The molecule has 0 bridgehead atoms. The molecule has 0 N–H and O–H groups in total. The van der Waals surface area contributed by atoms with E-state index in [0.29, 0.717) is 17.1 Å². The van der Waals surface area contributed by atoms with Crippen molar-refractivity contribution < 1.29 is 13.9 Å². The fourth-order valence-electron chi connectivity index (χ4n) is 2.54. The first-order valence-electron chi connectivity index (χ1n) is 7.18. The van der Waals surface area contributed by atoms with E-state index in [9.17, 15) is 9.18 Å². The van der Waals surface area contributed by atoms with E-state index in [1.54, 1.807) is 12.1 Å². The maximum Gasteiger partial charge on any atom is 0.323 e. The van der Waals surface area contributed by atoms with E-state index in [-0.39, 0.29) is 17.8 Å². The van der Waals surface area contributed by atoms with Gasteiger partial charge in [-0.05, 0) is 52.3 Å². The van der Waals surface area contributed by atoms with Gasteiger partial charge in [-0.1, -0.05) is 17.7 Å². The summed E-state index contributed by atoms with van der Waals surface area (Å²) in [5, 5.41) is 0.393. The lowest BCUT2D eigenvalue weighted by Gasteiger charge is -2.27. The van der Waals surface area contributed by atoms with Gasteiger partial charge in [0.15, 0.2) is 0 Å². The Balaban J connectivity index is 2.11. The van der Waals surface area contributed by atoms with Crippen LogP contribution in [0.1, 0.15) is 39.2 Å². The number of benzene rings is 1. The molecule has 116 valence electrons. The van der Waals surface area contributed by atoms with Crippen molar-refractivity contribution in [1.82, 2.24) is 4.90 Å². The first-order valence-corrected chi connectivity index (χ1v) is 7.55. The Morgan fingerprint density at radius 2 is 2.19 bits per heavy atom. The lowest BCUT2D eigenvalue weighted by atomic mass is 10.1. The van der Waals surface area contributed by atoms with E-state index in [2.05, 4.69) is 0 Å². The van der Waals surface area contributed by atoms with Gasteiger partial charge in [-0.3, -0.25) is 9.69 Å². The van der Waals surface area contributed by atoms with Crippen LogP contribution in [-0.2, 0) is 16.1 Å². The van der Waals surface area contributed by atoms with E-state index in [4.69, 9.17) is 16.3 Å². The predicted octanol–water partition coefficient (Wildman–Crippen LogP) is 3.79. The van der Waals surface area contributed by atoms with Crippen molar-refractivity contribution in [1.29, 1.82) is 0 Å². The standard InChI is InChI=1S/C16H21ClFNO2/c1-16(2,3)21-15(20)14-8-5-9-19(14)10-11-12(17)6-4-7-13(11)18/h4,6-7,14H,5,8-10H2,1-3H3/t14-/m0/s1. The molecule has 1 saturated heterocycles. The molecule has 0 aromatic heterocycles. The third kappa shape index (κ3) is 4.17. The van der Waals surface area contributed by atoms with Crippen molar-refractivity contribution in [2.75, 3.05) is 6.54 Å². The first kappa shape index (κ1) is 16.2. The minimum absolute atomic E-state index is 0.243. The number of rotatable bonds is 3. The number of nitrogens with zero attached hydrogens (tertiary/aromatic N) is 1. The molecule has 1 aromatic carbocycles. The monoisotopic (exact) mass is 313 g/mol. The second-order valence-corrected chi connectivity index (χ2v) is 6.77. The van der Waals surface area contributed by atoms with Crippen LogP contribution in [0.15, 0.2) is 18.2 Å². The van der Waals surface area contributed by atoms with Crippen LogP contribution in [0.4, 0.5) is 4.39 Å². The molecule has 0 aliphatic carbocycles. The summed E-state index contributed by atoms with van der Waals surface area (Å²) >= 11 is 6.06. The number of halogens is 2. The lowest BCUT2D eigenvalue weighted by Crippen LogP contribution is -2.40. The average Bonchev–Trinajstić information content (AvgIpc) is 2.80. The van der Waals surface area contributed by atoms with Crippen molar-refractivity contribution in [3.63, 3.8) is 0 Å². The number of hydrogen-bond donors (Lipinski definition) is 0. The zero-order valence-corrected chi connectivity index (χ0v) is 13.4. The third-order valence-electron chi connectivity index (χ3n) is 3.47. The van der Waals surface area contributed by atoms with Crippen LogP contribution >= 0.6 is 11.6 Å². The van der Waals surface area contributed by atoms with Crippen LogP contribution in [0.25, 0.3) is 0 Å². The van der Waals surface area contributed by atoms with Crippen molar-refractivity contribution in [3.8, 4) is 0 Å². The Morgan fingerprint density at radius 3 is 2.81 bits per heavy atom. The van der Waals surface area contributed by atoms with E-state index in [1.165, 1.54) is 6.07 Å². The van der Waals surface area contributed by atoms with E-state index in [1.807, 2.05) is 25.7 Å². The summed E-state index contributed by atoms with van der Waals surface area (Å²) in [7, 11) is 0. The highest BCUT2D eigenvalue weighted by Crippen LogP contribution is 2.27. The van der Waals surface area contributed by atoms with Crippen molar-refractivity contribution in [2.24, 2.45) is 0 Å². The maximum absolute atomic E-state index is 13.9. The largest absolute Gasteiger partial charge is 0.459 e. The van der Waals surface area contributed by atoms with Crippen LogP contribution in [0, 0.1) is 5.82 Å². The highest BCUT2D eigenvalue weighted by Gasteiger charge is 2.34. The molecule has 1 aliphatic heterocycles. The fourth-order valence-corrected chi connectivity index (χ4v) is 2.76. The third-order valence-corrected chi connectivity index (χ3v) is 3.82. The molecule has 1 heterocycles. The van der Waals surface area contributed by atoms with Gasteiger partial charge in [-0.2, -0.15) is 0 Å². The molecule has 1 fully saturated rings. The first-order chi connectivity index (χ1) is 9.78. The van der Waals surface area contributed by atoms with Crippen LogP contribution in [-0.4, -0.2) is 29.1 Å². The molecule has 0 saturated carbocycles. The number of esters is 1. The van der Waals surface area contributed by atoms with E-state index in [0.717, 1.165) is 19.4 Å². The number of ether oxygens (including phenoxy) is 1. The molecule has 1 aromatic rings. The summed E-state index contributed by atoms with van der Waals surface area (Å²) in [5.74, 6) is -0.579. The fraction of sp³-hybridized carbons (Fsp3) is 0.562. The van der Waals surface area contributed by atoms with Gasteiger partial charge in [0, 0.05) is 17.1 Å². The zero-order valence-electron chi connectivity index (χ0n) is 12.7. The Labute approximate surface area is 130 Å². The summed E-state index contributed by atoms with van der Waals surface area (Å²) in [4.78, 5) is 14.2. The normalized spacial score (nSPS) is 19.8. The summed E-state index contributed by atoms with van der Waals surface area (Å²) in [6, 6.07) is 4.31. The summed E-state index contributed by atoms with van der Waals surface area (Å²) in [6.07, 6.45) is 1.64. The molecule has 1 atom stereocenters. The van der Waals surface area contributed by atoms with Gasteiger partial charge in [-0.25, -0.2) is 4.39 Å². The smallest absolute Gasteiger partial charge is 0.323 e. The van der Waals surface area contributed by atoms with E-state index >= 15 is 0 Å². The Morgan fingerprint density at radius 1 is 1.48 bits per heavy atom. The highest BCUT2D eigenvalue weighted by molar-refractivity contribution is 6.31. The second-order valence-electron chi connectivity index (χ2n) is 6.36.